The van der Waals surface area contributed by atoms with Gasteiger partial charge >= 0.3 is 0 Å². The van der Waals surface area contributed by atoms with E-state index in [9.17, 15) is 4.79 Å². The Morgan fingerprint density at radius 2 is 2.09 bits per heavy atom. The normalized spacial score (nSPS) is 11.6. The van der Waals surface area contributed by atoms with Gasteiger partial charge in [0.25, 0.3) is 0 Å². The smallest absolute Gasteiger partial charge is 0.246 e. The van der Waals surface area contributed by atoms with Crippen LogP contribution in [0.15, 0.2) is 0 Å². The Morgan fingerprint density at radius 1 is 1.26 bits per heavy atom. The third-order valence-corrected chi connectivity index (χ3v) is 5.30. The molecule has 0 aromatic heterocycles. The third-order valence-electron chi connectivity index (χ3n) is 2.56. The van der Waals surface area contributed by atoms with Crippen molar-refractivity contribution < 1.29 is 17.1 Å². The molecule has 0 rings (SSSR count). The molecular weight excluding hydrogens is 332 g/mol. The summed E-state index contributed by atoms with van der Waals surface area (Å²) in [4.78, 5) is 11.4. The largest absolute Gasteiger partial charge is 0.369 e. The van der Waals surface area contributed by atoms with Crippen LogP contribution in [0.4, 0.5) is 0 Å². The molecule has 0 saturated heterocycles. The van der Waals surface area contributed by atoms with Crippen LogP contribution >= 0.6 is 21.6 Å². The summed E-state index contributed by atoms with van der Waals surface area (Å²) in [7, 11) is 3.58. The van der Waals surface area contributed by atoms with Gasteiger partial charge in [0, 0.05) is 21.6 Å². The van der Waals surface area contributed by atoms with Crippen LogP contribution in [0.3, 0.4) is 0 Å². The van der Waals surface area contributed by atoms with Gasteiger partial charge in [-0.05, 0) is 13.0 Å². The molecular formula is C16H34N2O3S2. The summed E-state index contributed by atoms with van der Waals surface area (Å²) in [6.07, 6.45) is 1.75. The molecule has 0 bridgehead atoms. The average Bonchev–Trinajstić information content (AvgIpc) is 2.56. The molecule has 0 radical (unpaired) electrons. The van der Waals surface area contributed by atoms with Crippen molar-refractivity contribution in [3.05, 3.63) is 0 Å². The molecule has 138 valence electrons. The second-order valence-electron chi connectivity index (χ2n) is 4.52. The van der Waals surface area contributed by atoms with E-state index in [1.807, 2.05) is 17.7 Å². The Kier molecular flexibility index (Phi) is 17.7. The monoisotopic (exact) mass is 366 g/mol. The first kappa shape index (κ1) is 22.6. The first-order chi connectivity index (χ1) is 11.2. The summed E-state index contributed by atoms with van der Waals surface area (Å²) in [5.74, 6) is 6.67. The molecule has 0 aliphatic carbocycles. The van der Waals surface area contributed by atoms with E-state index in [1.54, 1.807) is 10.8 Å². The standard InChI is InChI=1S/C16H30N2O3S2.2H2/c1-4-7-8-9-18-15(19)14-20-11-12-21-16(5-2)23-22-13-10-17-6-3;;/h16-17H,4-6,9-14H2,1-3H3,(H,18,19);2*1H. The molecule has 0 aromatic rings. The molecule has 0 heterocycles. The Labute approximate surface area is 151 Å². The highest BCUT2D eigenvalue weighted by molar-refractivity contribution is 8.76. The highest BCUT2D eigenvalue weighted by Gasteiger charge is 2.07. The van der Waals surface area contributed by atoms with E-state index in [0.717, 1.165) is 31.7 Å². The molecule has 0 aromatic carbocycles. The molecule has 1 amide bonds. The molecule has 0 aliphatic rings. The first-order valence-corrected chi connectivity index (χ1v) is 10.5. The van der Waals surface area contributed by atoms with Gasteiger partial charge in [0.2, 0.25) is 5.91 Å². The van der Waals surface area contributed by atoms with Crippen LogP contribution in [0.5, 0.6) is 0 Å². The van der Waals surface area contributed by atoms with Crippen LogP contribution in [-0.4, -0.2) is 56.6 Å². The van der Waals surface area contributed by atoms with Gasteiger partial charge in [0.05, 0.1) is 19.8 Å². The zero-order chi connectivity index (χ0) is 17.2. The third kappa shape index (κ3) is 16.3. The fourth-order valence-corrected chi connectivity index (χ4v) is 3.75. The highest BCUT2D eigenvalue weighted by atomic mass is 33.1. The maximum absolute atomic E-state index is 11.4. The number of hydrogen-bond donors (Lipinski definition) is 2. The summed E-state index contributed by atoms with van der Waals surface area (Å²) in [5.41, 5.74) is 0.170. The van der Waals surface area contributed by atoms with Crippen LogP contribution in [0.2, 0.25) is 0 Å². The Hall–Kier alpha value is -0.390. The summed E-state index contributed by atoms with van der Waals surface area (Å²) in [6.45, 7) is 9.57. The van der Waals surface area contributed by atoms with Crippen LogP contribution in [0.1, 0.15) is 36.5 Å². The lowest BCUT2D eigenvalue weighted by Crippen LogP contribution is -2.28. The number of nitrogens with one attached hydrogen (secondary N) is 2. The lowest BCUT2D eigenvalue weighted by molar-refractivity contribution is -0.126. The van der Waals surface area contributed by atoms with E-state index in [1.165, 1.54) is 0 Å². The summed E-state index contributed by atoms with van der Waals surface area (Å²) < 4.78 is 11.0. The summed E-state index contributed by atoms with van der Waals surface area (Å²) in [6, 6.07) is 0. The van der Waals surface area contributed by atoms with Crippen LogP contribution in [-0.2, 0) is 14.3 Å². The fourth-order valence-electron chi connectivity index (χ4n) is 1.41. The van der Waals surface area contributed by atoms with Crippen LogP contribution in [0, 0.1) is 11.8 Å². The number of ether oxygens (including phenoxy) is 2. The van der Waals surface area contributed by atoms with Gasteiger partial charge in [-0.2, -0.15) is 0 Å². The second-order valence-corrected chi connectivity index (χ2v) is 7.16. The van der Waals surface area contributed by atoms with Crippen molar-refractivity contribution in [3.63, 3.8) is 0 Å². The summed E-state index contributed by atoms with van der Waals surface area (Å²) >= 11 is 0. The Balaban J connectivity index is -0.00000242. The highest BCUT2D eigenvalue weighted by Crippen LogP contribution is 2.28. The number of carbonyl (C=O) groups is 1. The van der Waals surface area contributed by atoms with Crippen molar-refractivity contribution >= 4 is 27.5 Å². The molecule has 5 nitrogen and oxygen atoms in total. The van der Waals surface area contributed by atoms with Gasteiger partial charge < -0.3 is 20.1 Å². The van der Waals surface area contributed by atoms with Gasteiger partial charge in [0.1, 0.15) is 12.0 Å². The number of hydrogen-bond acceptors (Lipinski definition) is 6. The predicted molar refractivity (Wildman–Crippen MR) is 105 cm³/mol. The van der Waals surface area contributed by atoms with E-state index >= 15 is 0 Å². The van der Waals surface area contributed by atoms with Gasteiger partial charge in [0.15, 0.2) is 0 Å². The maximum atomic E-state index is 11.4. The Bertz CT molecular complexity index is 356. The summed E-state index contributed by atoms with van der Waals surface area (Å²) in [5, 5.41) is 5.97. The number of amides is 1. The molecule has 1 atom stereocenters. The number of rotatable bonds is 14. The van der Waals surface area contributed by atoms with E-state index in [0.29, 0.717) is 19.8 Å². The quantitative estimate of drug-likeness (QED) is 0.213. The maximum Gasteiger partial charge on any atom is 0.246 e. The van der Waals surface area contributed by atoms with Crippen molar-refractivity contribution in [2.75, 3.05) is 45.2 Å². The molecule has 23 heavy (non-hydrogen) atoms. The van der Waals surface area contributed by atoms with Crippen LogP contribution < -0.4 is 10.6 Å². The lowest BCUT2D eigenvalue weighted by Gasteiger charge is -2.15. The van der Waals surface area contributed by atoms with Crippen molar-refractivity contribution in [3.8, 4) is 11.8 Å². The second kappa shape index (κ2) is 18.0. The predicted octanol–water partition coefficient (Wildman–Crippen LogP) is 2.77. The first-order valence-electron chi connectivity index (χ1n) is 8.15. The molecule has 0 saturated carbocycles. The van der Waals surface area contributed by atoms with Crippen molar-refractivity contribution in [1.82, 2.24) is 10.6 Å². The van der Waals surface area contributed by atoms with E-state index in [2.05, 4.69) is 36.3 Å². The minimum atomic E-state index is -0.143. The van der Waals surface area contributed by atoms with E-state index in [-0.39, 0.29) is 20.8 Å². The SMILES string of the molecule is CCC#CCNC(=O)COCCOC(CC)SSCCNCC.[HH].[HH]. The van der Waals surface area contributed by atoms with Gasteiger partial charge in [-0.3, -0.25) is 4.79 Å². The lowest BCUT2D eigenvalue weighted by atomic mass is 10.4. The van der Waals surface area contributed by atoms with Crippen LogP contribution in [0.25, 0.3) is 0 Å². The minimum Gasteiger partial charge on any atom is -0.369 e. The molecule has 0 aliphatic heterocycles. The van der Waals surface area contributed by atoms with Crippen molar-refractivity contribution in [1.29, 1.82) is 0 Å². The average molecular weight is 367 g/mol. The molecule has 0 spiro atoms. The molecule has 0 fully saturated rings. The topological polar surface area (TPSA) is 59.6 Å². The number of carbonyl (C=O) groups excluding carboxylic acids is 1. The van der Waals surface area contributed by atoms with Crippen molar-refractivity contribution in [2.24, 2.45) is 0 Å². The van der Waals surface area contributed by atoms with E-state index in [4.69, 9.17) is 9.47 Å². The fraction of sp³-hybridized carbons (Fsp3) is 0.812. The van der Waals surface area contributed by atoms with Crippen molar-refractivity contribution in [2.45, 2.75) is 39.0 Å². The molecule has 7 heteroatoms. The van der Waals surface area contributed by atoms with Gasteiger partial charge in [-0.25, -0.2) is 0 Å². The minimum absolute atomic E-state index is 0. The zero-order valence-electron chi connectivity index (χ0n) is 14.5. The molecule has 1 unspecified atom stereocenters. The van der Waals surface area contributed by atoms with Gasteiger partial charge in [-0.15, -0.1) is 5.92 Å². The molecule has 2 N–H and O–H groups in total. The Morgan fingerprint density at radius 3 is 2.78 bits per heavy atom. The van der Waals surface area contributed by atoms with E-state index < -0.39 is 0 Å². The zero-order valence-corrected chi connectivity index (χ0v) is 16.1. The van der Waals surface area contributed by atoms with Gasteiger partial charge in [-0.1, -0.05) is 48.3 Å².